The molecule has 0 radical (unpaired) electrons. The van der Waals surface area contributed by atoms with E-state index < -0.39 is 0 Å². The second kappa shape index (κ2) is 11.0. The molecule has 10 rings (SSSR count). The van der Waals surface area contributed by atoms with E-state index in [-0.39, 0.29) is 0 Å². The molecule has 0 aliphatic rings. The molecule has 3 aromatic heterocycles. The predicted molar refractivity (Wildman–Crippen MR) is 205 cm³/mol. The summed E-state index contributed by atoms with van der Waals surface area (Å²) in [6, 6.07) is 65.6. The van der Waals surface area contributed by atoms with Gasteiger partial charge in [0.2, 0.25) is 0 Å². The minimum atomic E-state index is 1.14. The lowest BCUT2D eigenvalue weighted by atomic mass is 9.99. The number of nitrogens with zero attached hydrogens (tertiary/aromatic N) is 3. The number of fused-ring (bicyclic) bond motifs is 6. The van der Waals surface area contributed by atoms with Crippen molar-refractivity contribution in [3.63, 3.8) is 0 Å². The summed E-state index contributed by atoms with van der Waals surface area (Å²) in [6.07, 6.45) is 2.18. The van der Waals surface area contributed by atoms with Crippen molar-refractivity contribution in [1.29, 1.82) is 0 Å². The zero-order valence-electron chi connectivity index (χ0n) is 26.7. The third kappa shape index (κ3) is 4.37. The molecule has 0 aliphatic carbocycles. The maximum atomic E-state index is 2.38. The molecule has 0 unspecified atom stereocenters. The van der Waals surface area contributed by atoms with Crippen LogP contribution in [0.1, 0.15) is 0 Å². The minimum Gasteiger partial charge on any atom is -0.309 e. The number of aromatic nitrogens is 3. The van der Waals surface area contributed by atoms with E-state index in [1.165, 1.54) is 71.7 Å². The number of para-hydroxylation sites is 4. The van der Waals surface area contributed by atoms with E-state index in [4.69, 9.17) is 0 Å². The van der Waals surface area contributed by atoms with E-state index in [0.717, 1.165) is 11.4 Å². The molecule has 0 bridgehead atoms. The van der Waals surface area contributed by atoms with Crippen LogP contribution in [0.4, 0.5) is 0 Å². The predicted octanol–water partition coefficient (Wildman–Crippen LogP) is 12.0. The fourth-order valence-corrected chi connectivity index (χ4v) is 7.60. The highest BCUT2D eigenvalue weighted by Gasteiger charge is 2.17. The topological polar surface area (TPSA) is 14.8 Å². The van der Waals surface area contributed by atoms with Gasteiger partial charge < -0.3 is 9.13 Å². The van der Waals surface area contributed by atoms with E-state index in [0.29, 0.717) is 0 Å². The number of hydrogen-bond acceptors (Lipinski definition) is 0. The molecule has 49 heavy (non-hydrogen) atoms. The van der Waals surface area contributed by atoms with Crippen LogP contribution in [0.15, 0.2) is 188 Å². The largest absolute Gasteiger partial charge is 0.309 e. The molecule has 3 nitrogen and oxygen atoms in total. The van der Waals surface area contributed by atoms with Crippen molar-refractivity contribution in [2.75, 3.05) is 0 Å². The lowest BCUT2D eigenvalue weighted by Crippen LogP contribution is -2.00. The van der Waals surface area contributed by atoms with Crippen LogP contribution in [0.5, 0.6) is 0 Å². The molecular weight excluding hydrogens is 595 g/mol. The van der Waals surface area contributed by atoms with Crippen LogP contribution in [-0.4, -0.2) is 13.7 Å². The molecule has 0 saturated heterocycles. The van der Waals surface area contributed by atoms with Gasteiger partial charge in [-0.15, -0.1) is 0 Å². The molecule has 0 N–H and O–H groups in total. The molecule has 0 saturated carbocycles. The quantitative estimate of drug-likeness (QED) is 0.181. The van der Waals surface area contributed by atoms with Gasteiger partial charge in [-0.25, -0.2) is 0 Å². The van der Waals surface area contributed by atoms with Crippen molar-refractivity contribution in [2.45, 2.75) is 0 Å². The summed E-state index contributed by atoms with van der Waals surface area (Å²) in [7, 11) is 0. The van der Waals surface area contributed by atoms with Crippen molar-refractivity contribution in [1.82, 2.24) is 13.7 Å². The molecule has 230 valence electrons. The van der Waals surface area contributed by atoms with Crippen molar-refractivity contribution < 1.29 is 0 Å². The van der Waals surface area contributed by atoms with Crippen LogP contribution in [0.25, 0.3) is 83.1 Å². The van der Waals surface area contributed by atoms with Crippen LogP contribution >= 0.6 is 0 Å². The Bertz CT molecular complexity index is 2780. The third-order valence-electron chi connectivity index (χ3n) is 9.90. The first kappa shape index (κ1) is 27.5. The van der Waals surface area contributed by atoms with Gasteiger partial charge in [0.05, 0.1) is 16.6 Å². The van der Waals surface area contributed by atoms with Crippen LogP contribution in [-0.2, 0) is 0 Å². The van der Waals surface area contributed by atoms with E-state index in [2.05, 4.69) is 202 Å². The average Bonchev–Trinajstić information content (AvgIpc) is 3.85. The zero-order valence-corrected chi connectivity index (χ0v) is 26.7. The first-order valence-corrected chi connectivity index (χ1v) is 16.8. The van der Waals surface area contributed by atoms with Crippen molar-refractivity contribution in [2.24, 2.45) is 0 Å². The average molecular weight is 626 g/mol. The molecule has 10 aromatic rings. The lowest BCUT2D eigenvalue weighted by Gasteiger charge is -2.12. The van der Waals surface area contributed by atoms with E-state index in [1.807, 2.05) is 0 Å². The van der Waals surface area contributed by atoms with Crippen LogP contribution in [0.3, 0.4) is 0 Å². The minimum absolute atomic E-state index is 1.14. The fourth-order valence-electron chi connectivity index (χ4n) is 7.60. The van der Waals surface area contributed by atoms with Gasteiger partial charge in [-0.2, -0.15) is 0 Å². The summed E-state index contributed by atoms with van der Waals surface area (Å²) in [6.45, 7) is 0. The van der Waals surface area contributed by atoms with Gasteiger partial charge in [-0.3, -0.25) is 4.57 Å². The molecule has 3 heteroatoms. The van der Waals surface area contributed by atoms with Crippen LogP contribution in [0, 0.1) is 0 Å². The van der Waals surface area contributed by atoms with Gasteiger partial charge in [-0.1, -0.05) is 115 Å². The Hall–Kier alpha value is -6.58. The molecule has 0 spiro atoms. The summed E-state index contributed by atoms with van der Waals surface area (Å²) >= 11 is 0. The summed E-state index contributed by atoms with van der Waals surface area (Å²) in [5.74, 6) is 0. The maximum Gasteiger partial charge on any atom is 0.130 e. The maximum absolute atomic E-state index is 2.38. The normalized spacial score (nSPS) is 11.7. The third-order valence-corrected chi connectivity index (χ3v) is 9.90. The Morgan fingerprint density at radius 3 is 1.43 bits per heavy atom. The Labute approximate surface area is 284 Å². The Balaban J connectivity index is 1.01. The number of rotatable bonds is 5. The van der Waals surface area contributed by atoms with E-state index >= 15 is 0 Å². The second-order valence-corrected chi connectivity index (χ2v) is 12.7. The lowest BCUT2D eigenvalue weighted by molar-refractivity contribution is 1.04. The van der Waals surface area contributed by atoms with Gasteiger partial charge in [0.1, 0.15) is 5.65 Å². The van der Waals surface area contributed by atoms with Crippen LogP contribution in [0.2, 0.25) is 0 Å². The summed E-state index contributed by atoms with van der Waals surface area (Å²) in [5.41, 5.74) is 13.1. The second-order valence-electron chi connectivity index (χ2n) is 12.7. The van der Waals surface area contributed by atoms with Crippen molar-refractivity contribution >= 4 is 43.7 Å². The fraction of sp³-hybridized carbons (Fsp3) is 0. The highest BCUT2D eigenvalue weighted by atomic mass is 15.1. The van der Waals surface area contributed by atoms with Gasteiger partial charge in [0.15, 0.2) is 0 Å². The Kier molecular flexibility index (Phi) is 6.18. The molecule has 0 aliphatic heterocycles. The molecule has 7 aromatic carbocycles. The van der Waals surface area contributed by atoms with Gasteiger partial charge in [0.25, 0.3) is 0 Å². The highest BCUT2D eigenvalue weighted by molar-refractivity contribution is 6.11. The highest BCUT2D eigenvalue weighted by Crippen LogP contribution is 2.37. The van der Waals surface area contributed by atoms with Crippen molar-refractivity contribution in [3.05, 3.63) is 188 Å². The van der Waals surface area contributed by atoms with E-state index in [1.54, 1.807) is 0 Å². The monoisotopic (exact) mass is 625 g/mol. The van der Waals surface area contributed by atoms with Gasteiger partial charge >= 0.3 is 0 Å². The molecule has 0 amide bonds. The summed E-state index contributed by atoms with van der Waals surface area (Å²) in [5, 5.41) is 5.04. The standard InChI is InChI=1S/C46H31N3/c1-3-11-36(12-4-1)47-30-29-41-39-15-7-10-18-44(39)49(46(41)47)38-26-23-33(24-27-38)32-19-21-34(22-20-32)35-25-28-45-42(31-35)40-16-8-9-17-43(40)48(45)37-13-5-2-6-14-37/h1-31H. The molecule has 3 heterocycles. The van der Waals surface area contributed by atoms with Gasteiger partial charge in [-0.05, 0) is 89.0 Å². The number of hydrogen-bond donors (Lipinski definition) is 0. The van der Waals surface area contributed by atoms with E-state index in [9.17, 15) is 0 Å². The molecule has 0 fully saturated rings. The summed E-state index contributed by atoms with van der Waals surface area (Å²) in [4.78, 5) is 0. The summed E-state index contributed by atoms with van der Waals surface area (Å²) < 4.78 is 7.04. The smallest absolute Gasteiger partial charge is 0.130 e. The first-order chi connectivity index (χ1) is 24.3. The zero-order chi connectivity index (χ0) is 32.3. The molecule has 0 atom stereocenters. The number of benzene rings is 7. The van der Waals surface area contributed by atoms with Crippen LogP contribution < -0.4 is 0 Å². The van der Waals surface area contributed by atoms with Gasteiger partial charge in [0, 0.05) is 44.8 Å². The first-order valence-electron chi connectivity index (χ1n) is 16.8. The Morgan fingerprint density at radius 1 is 0.286 bits per heavy atom. The SMILES string of the molecule is c1ccc(-n2ccc3c4ccccc4n(-c4ccc(-c5ccc(-c6ccc7c(c6)c6ccccc6n7-c6ccccc6)cc5)cc4)c32)cc1. The Morgan fingerprint density at radius 2 is 0.755 bits per heavy atom. The van der Waals surface area contributed by atoms with Crippen molar-refractivity contribution in [3.8, 4) is 39.3 Å². The molecular formula is C46H31N3.